The minimum absolute atomic E-state index is 0.470. The van der Waals surface area contributed by atoms with E-state index in [-0.39, 0.29) is 0 Å². The highest BCUT2D eigenvalue weighted by Crippen LogP contribution is 2.23. The molecule has 0 radical (unpaired) electrons. The van der Waals surface area contributed by atoms with Gasteiger partial charge >= 0.3 is 0 Å². The van der Waals surface area contributed by atoms with Gasteiger partial charge in [-0.15, -0.1) is 0 Å². The molecule has 1 unspecified atom stereocenters. The zero-order valence-electron chi connectivity index (χ0n) is 10.1. The summed E-state index contributed by atoms with van der Waals surface area (Å²) < 4.78 is 2.96. The summed E-state index contributed by atoms with van der Waals surface area (Å²) in [5.41, 5.74) is 0. The number of aryl methyl sites for hydroxylation is 1. The molecule has 0 aliphatic heterocycles. The smallest absolute Gasteiger partial charge is 0.195 e. The molecule has 0 aromatic carbocycles. The van der Waals surface area contributed by atoms with Gasteiger partial charge in [-0.05, 0) is 31.0 Å². The van der Waals surface area contributed by atoms with Crippen LogP contribution in [0.2, 0.25) is 0 Å². The summed E-state index contributed by atoms with van der Waals surface area (Å²) in [5, 5.41) is 7.21. The monoisotopic (exact) mass is 227 g/mol. The molecule has 0 bridgehead atoms. The van der Waals surface area contributed by atoms with Gasteiger partial charge in [-0.2, -0.15) is 5.10 Å². The Balaban J connectivity index is 3.09. The van der Waals surface area contributed by atoms with Crippen LogP contribution in [-0.4, -0.2) is 14.8 Å². The Morgan fingerprint density at radius 1 is 1.40 bits per heavy atom. The molecular formula is C11H21N3S. The first-order valence-electron chi connectivity index (χ1n) is 5.77. The van der Waals surface area contributed by atoms with E-state index >= 15 is 0 Å². The van der Waals surface area contributed by atoms with Crippen LogP contribution < -0.4 is 0 Å². The van der Waals surface area contributed by atoms with Gasteiger partial charge in [-0.25, -0.2) is 0 Å². The molecule has 0 saturated heterocycles. The third kappa shape index (κ3) is 2.68. The number of hydrogen-bond donors (Lipinski definition) is 1. The largest absolute Gasteiger partial charge is 0.301 e. The van der Waals surface area contributed by atoms with Gasteiger partial charge in [0.25, 0.3) is 0 Å². The zero-order valence-corrected chi connectivity index (χ0v) is 10.9. The van der Waals surface area contributed by atoms with Crippen LogP contribution in [0.4, 0.5) is 0 Å². The molecular weight excluding hydrogens is 206 g/mol. The molecule has 15 heavy (non-hydrogen) atoms. The second-order valence-electron chi connectivity index (χ2n) is 4.28. The van der Waals surface area contributed by atoms with E-state index in [4.69, 9.17) is 12.2 Å². The maximum atomic E-state index is 5.29. The summed E-state index contributed by atoms with van der Waals surface area (Å²) >= 11 is 5.29. The van der Waals surface area contributed by atoms with Crippen molar-refractivity contribution in [3.05, 3.63) is 10.6 Å². The van der Waals surface area contributed by atoms with Gasteiger partial charge in [0.2, 0.25) is 0 Å². The number of hydrogen-bond acceptors (Lipinski definition) is 2. The molecule has 3 nitrogen and oxygen atoms in total. The third-order valence-electron chi connectivity index (χ3n) is 2.77. The Morgan fingerprint density at radius 3 is 2.53 bits per heavy atom. The highest BCUT2D eigenvalue weighted by Gasteiger charge is 2.17. The Bertz CT molecular complexity index is 351. The number of nitrogens with one attached hydrogen (secondary N) is 1. The fourth-order valence-corrected chi connectivity index (χ4v) is 2.32. The lowest BCUT2D eigenvalue weighted by atomic mass is 10.0. The van der Waals surface area contributed by atoms with Gasteiger partial charge in [0, 0.05) is 12.5 Å². The molecule has 0 spiro atoms. The molecule has 0 aliphatic rings. The van der Waals surface area contributed by atoms with Crippen LogP contribution in [0, 0.1) is 10.7 Å². The highest BCUT2D eigenvalue weighted by molar-refractivity contribution is 7.71. The van der Waals surface area contributed by atoms with Gasteiger partial charge in [0.15, 0.2) is 4.77 Å². The lowest BCUT2D eigenvalue weighted by molar-refractivity contribution is 0.352. The van der Waals surface area contributed by atoms with E-state index in [2.05, 4.69) is 42.5 Å². The van der Waals surface area contributed by atoms with Crippen LogP contribution in [0.25, 0.3) is 0 Å². The van der Waals surface area contributed by atoms with E-state index < -0.39 is 0 Å². The van der Waals surface area contributed by atoms with Crippen molar-refractivity contribution < 1.29 is 0 Å². The van der Waals surface area contributed by atoms with Gasteiger partial charge in [-0.1, -0.05) is 27.7 Å². The van der Waals surface area contributed by atoms with E-state index in [1.807, 2.05) is 0 Å². The minimum atomic E-state index is 0.470. The summed E-state index contributed by atoms with van der Waals surface area (Å²) in [5.74, 6) is 1.69. The fraction of sp³-hybridized carbons (Fsp3) is 0.818. The Hall–Kier alpha value is -0.640. The van der Waals surface area contributed by atoms with Crippen LogP contribution in [-0.2, 0) is 6.42 Å². The third-order valence-corrected chi connectivity index (χ3v) is 3.06. The van der Waals surface area contributed by atoms with Crippen LogP contribution in [0.1, 0.15) is 52.4 Å². The lowest BCUT2D eigenvalue weighted by Gasteiger charge is -2.22. The predicted octanol–water partition coefficient (Wildman–Crippen LogP) is 3.50. The van der Waals surface area contributed by atoms with E-state index in [1.54, 1.807) is 0 Å². The van der Waals surface area contributed by atoms with Crippen molar-refractivity contribution in [2.75, 3.05) is 0 Å². The first kappa shape index (κ1) is 12.4. The summed E-state index contributed by atoms with van der Waals surface area (Å²) in [6, 6.07) is 0.470. The van der Waals surface area contributed by atoms with Crippen molar-refractivity contribution >= 4 is 12.2 Å². The first-order chi connectivity index (χ1) is 7.11. The molecule has 0 fully saturated rings. The zero-order chi connectivity index (χ0) is 11.4. The molecule has 1 aromatic rings. The molecule has 1 aromatic heterocycles. The van der Waals surface area contributed by atoms with Crippen LogP contribution in [0.15, 0.2) is 0 Å². The van der Waals surface area contributed by atoms with Crippen LogP contribution in [0.3, 0.4) is 0 Å². The van der Waals surface area contributed by atoms with Crippen LogP contribution >= 0.6 is 12.2 Å². The van der Waals surface area contributed by atoms with Crippen molar-refractivity contribution in [3.63, 3.8) is 0 Å². The van der Waals surface area contributed by atoms with Gasteiger partial charge in [0.05, 0.1) is 0 Å². The van der Waals surface area contributed by atoms with Gasteiger partial charge < -0.3 is 4.57 Å². The van der Waals surface area contributed by atoms with Crippen molar-refractivity contribution in [1.29, 1.82) is 0 Å². The molecule has 1 heterocycles. The quantitative estimate of drug-likeness (QED) is 0.781. The number of aromatic amines is 1. The molecule has 1 atom stereocenters. The Labute approximate surface area is 96.9 Å². The van der Waals surface area contributed by atoms with E-state index in [9.17, 15) is 0 Å². The molecule has 0 saturated carbocycles. The Morgan fingerprint density at radius 2 is 2.07 bits per heavy atom. The van der Waals surface area contributed by atoms with Gasteiger partial charge in [-0.3, -0.25) is 5.10 Å². The molecule has 1 N–H and O–H groups in total. The SMILES string of the molecule is CCCc1n[nH]c(=S)n1C(CC)C(C)C. The normalized spacial score (nSPS) is 13.4. The van der Waals surface area contributed by atoms with E-state index in [0.717, 1.165) is 29.9 Å². The van der Waals surface area contributed by atoms with Gasteiger partial charge in [0.1, 0.15) is 5.82 Å². The minimum Gasteiger partial charge on any atom is -0.301 e. The number of nitrogens with zero attached hydrogens (tertiary/aromatic N) is 2. The van der Waals surface area contributed by atoms with Crippen molar-refractivity contribution in [1.82, 2.24) is 14.8 Å². The average molecular weight is 227 g/mol. The summed E-state index contributed by atoms with van der Waals surface area (Å²) in [7, 11) is 0. The first-order valence-corrected chi connectivity index (χ1v) is 6.18. The molecule has 1 rings (SSSR count). The number of H-pyrrole nitrogens is 1. The standard InChI is InChI=1S/C11H21N3S/c1-5-7-10-12-13-11(15)14(10)9(6-2)8(3)4/h8-9H,5-7H2,1-4H3,(H,13,15). The predicted molar refractivity (Wildman–Crippen MR) is 65.6 cm³/mol. The maximum Gasteiger partial charge on any atom is 0.195 e. The topological polar surface area (TPSA) is 33.6 Å². The van der Waals surface area contributed by atoms with E-state index in [1.165, 1.54) is 0 Å². The van der Waals surface area contributed by atoms with Crippen molar-refractivity contribution in [2.45, 2.75) is 53.0 Å². The van der Waals surface area contributed by atoms with Crippen molar-refractivity contribution in [3.8, 4) is 0 Å². The van der Waals surface area contributed by atoms with Crippen molar-refractivity contribution in [2.24, 2.45) is 5.92 Å². The second kappa shape index (κ2) is 5.45. The lowest BCUT2D eigenvalue weighted by Crippen LogP contribution is -2.17. The Kier molecular flexibility index (Phi) is 4.51. The van der Waals surface area contributed by atoms with E-state index in [0.29, 0.717) is 12.0 Å². The molecule has 86 valence electrons. The molecule has 0 amide bonds. The average Bonchev–Trinajstić information content (AvgIpc) is 2.51. The number of aromatic nitrogens is 3. The summed E-state index contributed by atoms with van der Waals surface area (Å²) in [6.45, 7) is 8.84. The summed E-state index contributed by atoms with van der Waals surface area (Å²) in [6.07, 6.45) is 3.20. The molecule has 4 heteroatoms. The number of rotatable bonds is 5. The second-order valence-corrected chi connectivity index (χ2v) is 4.67. The molecule has 0 aliphatic carbocycles. The van der Waals surface area contributed by atoms with Crippen LogP contribution in [0.5, 0.6) is 0 Å². The fourth-order valence-electron chi connectivity index (χ4n) is 2.03. The maximum absolute atomic E-state index is 5.29. The highest BCUT2D eigenvalue weighted by atomic mass is 32.1. The summed E-state index contributed by atoms with van der Waals surface area (Å²) in [4.78, 5) is 0.